The predicted molar refractivity (Wildman–Crippen MR) is 136 cm³/mol. The number of carbonyl (C=O) groups is 2. The van der Waals surface area contributed by atoms with E-state index in [0.29, 0.717) is 21.6 Å². The molecule has 4 aromatic rings. The zero-order valence-corrected chi connectivity index (χ0v) is 20.1. The van der Waals surface area contributed by atoms with Gasteiger partial charge in [-0.25, -0.2) is 10.2 Å². The Bertz CT molecular complexity index is 1390. The maximum Gasteiger partial charge on any atom is 0.336 e. The number of rotatable bonds is 8. The summed E-state index contributed by atoms with van der Waals surface area (Å²) in [6, 6.07) is 21.6. The van der Waals surface area contributed by atoms with Gasteiger partial charge >= 0.3 is 5.97 Å². The predicted octanol–water partition coefficient (Wildman–Crippen LogP) is 4.84. The van der Waals surface area contributed by atoms with Crippen molar-refractivity contribution in [2.45, 2.75) is 12.1 Å². The number of aryl methyl sites for hydroxylation is 1. The van der Waals surface area contributed by atoms with Crippen molar-refractivity contribution in [3.05, 3.63) is 94.5 Å². The zero-order valence-electron chi connectivity index (χ0n) is 18.6. The minimum absolute atomic E-state index is 0.0303. The number of carbonyl (C=O) groups excluding carboxylic acids is 1. The number of carboxylic acid groups (broad SMARTS) is 1. The molecule has 0 bridgehead atoms. The molecule has 3 aromatic carbocycles. The molecule has 1 aromatic heterocycles. The minimum Gasteiger partial charge on any atom is -0.478 e. The normalized spacial score (nSPS) is 11.0. The van der Waals surface area contributed by atoms with Gasteiger partial charge in [-0.3, -0.25) is 9.36 Å². The SMILES string of the molecule is Cc1ccc(-n2c(SCC(=O)N/N=C\c3ccccc3C(=O)O)nnc2-c2ccc(Cl)cc2)cc1. The van der Waals surface area contributed by atoms with E-state index in [1.165, 1.54) is 24.0 Å². The molecule has 0 spiro atoms. The van der Waals surface area contributed by atoms with E-state index in [-0.39, 0.29) is 17.2 Å². The summed E-state index contributed by atoms with van der Waals surface area (Å²) in [5.74, 6) is -0.786. The number of thioether (sulfide) groups is 1. The molecule has 0 fully saturated rings. The lowest BCUT2D eigenvalue weighted by atomic mass is 10.1. The molecule has 4 rings (SSSR count). The number of halogens is 1. The monoisotopic (exact) mass is 505 g/mol. The first-order valence-corrected chi connectivity index (χ1v) is 11.8. The zero-order chi connectivity index (χ0) is 24.8. The number of hydrogen-bond donors (Lipinski definition) is 2. The molecule has 176 valence electrons. The van der Waals surface area contributed by atoms with Crippen molar-refractivity contribution in [3.63, 3.8) is 0 Å². The molecule has 35 heavy (non-hydrogen) atoms. The van der Waals surface area contributed by atoms with Gasteiger partial charge in [-0.05, 0) is 49.4 Å². The molecule has 0 aliphatic rings. The van der Waals surface area contributed by atoms with Gasteiger partial charge in [-0.15, -0.1) is 10.2 Å². The van der Waals surface area contributed by atoms with Crippen LogP contribution in [-0.2, 0) is 4.79 Å². The topological polar surface area (TPSA) is 109 Å². The van der Waals surface area contributed by atoms with Crippen LogP contribution in [0.5, 0.6) is 0 Å². The fraction of sp³-hybridized carbons (Fsp3) is 0.0800. The van der Waals surface area contributed by atoms with Gasteiger partial charge in [0.1, 0.15) is 0 Å². The summed E-state index contributed by atoms with van der Waals surface area (Å²) >= 11 is 7.25. The summed E-state index contributed by atoms with van der Waals surface area (Å²) in [7, 11) is 0. The van der Waals surface area contributed by atoms with Gasteiger partial charge < -0.3 is 5.11 Å². The average Bonchev–Trinajstić information content (AvgIpc) is 3.28. The first-order valence-electron chi connectivity index (χ1n) is 10.5. The second kappa shape index (κ2) is 11.0. The molecule has 1 amide bonds. The Kier molecular flexibility index (Phi) is 7.59. The van der Waals surface area contributed by atoms with E-state index in [2.05, 4.69) is 20.7 Å². The average molecular weight is 506 g/mol. The highest BCUT2D eigenvalue weighted by molar-refractivity contribution is 7.99. The van der Waals surface area contributed by atoms with Gasteiger partial charge in [0.05, 0.1) is 17.5 Å². The fourth-order valence-electron chi connectivity index (χ4n) is 3.22. The fourth-order valence-corrected chi connectivity index (χ4v) is 4.09. The summed E-state index contributed by atoms with van der Waals surface area (Å²) in [6.07, 6.45) is 1.31. The van der Waals surface area contributed by atoms with Crippen LogP contribution in [0, 0.1) is 6.92 Å². The highest BCUT2D eigenvalue weighted by atomic mass is 35.5. The van der Waals surface area contributed by atoms with Gasteiger partial charge in [0.25, 0.3) is 5.91 Å². The maximum absolute atomic E-state index is 12.4. The summed E-state index contributed by atoms with van der Waals surface area (Å²) in [4.78, 5) is 23.7. The highest BCUT2D eigenvalue weighted by Crippen LogP contribution is 2.28. The highest BCUT2D eigenvalue weighted by Gasteiger charge is 2.17. The molecule has 10 heteroatoms. The van der Waals surface area contributed by atoms with Crippen molar-refractivity contribution < 1.29 is 14.7 Å². The van der Waals surface area contributed by atoms with Crippen molar-refractivity contribution in [1.29, 1.82) is 0 Å². The largest absolute Gasteiger partial charge is 0.478 e. The van der Waals surface area contributed by atoms with Crippen LogP contribution in [0.15, 0.2) is 83.1 Å². The molecule has 0 aliphatic heterocycles. The van der Waals surface area contributed by atoms with Gasteiger partial charge in [-0.2, -0.15) is 5.10 Å². The van der Waals surface area contributed by atoms with Crippen LogP contribution in [0.4, 0.5) is 0 Å². The number of benzene rings is 3. The lowest BCUT2D eigenvalue weighted by molar-refractivity contribution is -0.118. The maximum atomic E-state index is 12.4. The minimum atomic E-state index is -1.07. The molecule has 0 aliphatic carbocycles. The van der Waals surface area contributed by atoms with E-state index in [9.17, 15) is 14.7 Å². The Morgan fingerprint density at radius 2 is 1.77 bits per heavy atom. The molecule has 2 N–H and O–H groups in total. The number of nitrogens with zero attached hydrogens (tertiary/aromatic N) is 4. The van der Waals surface area contributed by atoms with E-state index in [4.69, 9.17) is 11.6 Å². The van der Waals surface area contributed by atoms with Crippen LogP contribution >= 0.6 is 23.4 Å². The van der Waals surface area contributed by atoms with Gasteiger partial charge in [0.15, 0.2) is 11.0 Å². The third kappa shape index (κ3) is 5.95. The Balaban J connectivity index is 1.51. The number of hydrogen-bond acceptors (Lipinski definition) is 6. The van der Waals surface area contributed by atoms with Gasteiger partial charge in [-0.1, -0.05) is 59.3 Å². The summed E-state index contributed by atoms with van der Waals surface area (Å²) in [5.41, 5.74) is 5.72. The first kappa shape index (κ1) is 24.2. The van der Waals surface area contributed by atoms with Crippen molar-refractivity contribution in [3.8, 4) is 17.1 Å². The number of aromatic carboxylic acids is 1. The second-order valence-electron chi connectivity index (χ2n) is 7.46. The van der Waals surface area contributed by atoms with Gasteiger partial charge in [0.2, 0.25) is 0 Å². The van der Waals surface area contributed by atoms with Crippen molar-refractivity contribution >= 4 is 41.5 Å². The van der Waals surface area contributed by atoms with E-state index in [1.807, 2.05) is 47.9 Å². The molecule has 0 atom stereocenters. The lowest BCUT2D eigenvalue weighted by Crippen LogP contribution is -2.20. The first-order chi connectivity index (χ1) is 16.9. The van der Waals surface area contributed by atoms with Crippen molar-refractivity contribution in [2.75, 3.05) is 5.75 Å². The van der Waals surface area contributed by atoms with E-state index in [0.717, 1.165) is 16.8 Å². The van der Waals surface area contributed by atoms with Crippen LogP contribution < -0.4 is 5.43 Å². The van der Waals surface area contributed by atoms with Crippen molar-refractivity contribution in [1.82, 2.24) is 20.2 Å². The smallest absolute Gasteiger partial charge is 0.336 e. The molecule has 8 nitrogen and oxygen atoms in total. The van der Waals surface area contributed by atoms with E-state index in [1.54, 1.807) is 30.3 Å². The van der Waals surface area contributed by atoms with E-state index >= 15 is 0 Å². The number of amides is 1. The third-order valence-electron chi connectivity index (χ3n) is 4.94. The van der Waals surface area contributed by atoms with Crippen LogP contribution in [0.1, 0.15) is 21.5 Å². The Morgan fingerprint density at radius 3 is 2.49 bits per heavy atom. The number of nitrogens with one attached hydrogen (secondary N) is 1. The second-order valence-corrected chi connectivity index (χ2v) is 8.84. The Hall–Kier alpha value is -3.95. The molecule has 0 saturated heterocycles. The van der Waals surface area contributed by atoms with Crippen LogP contribution in [0.25, 0.3) is 17.1 Å². The number of carboxylic acids is 1. The van der Waals surface area contributed by atoms with Crippen molar-refractivity contribution in [2.24, 2.45) is 5.10 Å². The standard InChI is InChI=1S/C25H20ClN5O3S/c1-16-6-12-20(13-7-16)31-23(17-8-10-19(26)11-9-17)29-30-25(31)35-15-22(32)28-27-14-18-4-2-3-5-21(18)24(33)34/h2-14H,15H2,1H3,(H,28,32)(H,33,34)/b27-14-. The number of hydrazone groups is 1. The summed E-state index contributed by atoms with van der Waals surface area (Å²) in [6.45, 7) is 2.01. The molecular weight excluding hydrogens is 486 g/mol. The van der Waals surface area contributed by atoms with E-state index < -0.39 is 5.97 Å². The third-order valence-corrected chi connectivity index (χ3v) is 6.13. The van der Waals surface area contributed by atoms with Crippen LogP contribution in [0.2, 0.25) is 5.02 Å². The Morgan fingerprint density at radius 1 is 1.06 bits per heavy atom. The molecule has 1 heterocycles. The molecule has 0 saturated carbocycles. The lowest BCUT2D eigenvalue weighted by Gasteiger charge is -2.10. The Labute approximate surface area is 210 Å². The molecular formula is C25H20ClN5O3S. The van der Waals surface area contributed by atoms with Crippen LogP contribution in [-0.4, -0.2) is 43.7 Å². The quantitative estimate of drug-likeness (QED) is 0.201. The van der Waals surface area contributed by atoms with Crippen LogP contribution in [0.3, 0.4) is 0 Å². The molecule has 0 radical (unpaired) electrons. The summed E-state index contributed by atoms with van der Waals surface area (Å²) in [5, 5.41) is 22.9. The number of aromatic nitrogens is 3. The van der Waals surface area contributed by atoms with Gasteiger partial charge in [0, 0.05) is 21.8 Å². The molecule has 0 unspecified atom stereocenters. The summed E-state index contributed by atoms with van der Waals surface area (Å²) < 4.78 is 1.88.